The van der Waals surface area contributed by atoms with Crippen molar-refractivity contribution >= 4 is 6.72 Å². The van der Waals surface area contributed by atoms with Crippen LogP contribution in [0.5, 0.6) is 5.75 Å². The van der Waals surface area contributed by atoms with Gasteiger partial charge in [0.2, 0.25) is 0 Å². The van der Waals surface area contributed by atoms with E-state index in [1.165, 1.54) is 22.9 Å². The van der Waals surface area contributed by atoms with Crippen LogP contribution in [-0.2, 0) is 0 Å². The third-order valence-corrected chi connectivity index (χ3v) is 2.72. The first kappa shape index (κ1) is 15.8. The Morgan fingerprint density at radius 2 is 2.00 bits per heavy atom. The number of nitrogens with zero attached hydrogens (tertiary/aromatic N) is 3. The maximum absolute atomic E-state index is 12.3. The predicted molar refractivity (Wildman–Crippen MR) is 76.1 cm³/mol. The molecule has 5 nitrogen and oxygen atoms in total. The molecule has 2 rings (SSSR count). The van der Waals surface area contributed by atoms with Crippen molar-refractivity contribution in [1.29, 1.82) is 0 Å². The van der Waals surface area contributed by atoms with Gasteiger partial charge in [-0.1, -0.05) is 12.1 Å². The number of rotatable bonds is 4. The highest BCUT2D eigenvalue weighted by Gasteiger charge is 2.31. The van der Waals surface area contributed by atoms with Crippen molar-refractivity contribution in [2.75, 3.05) is 6.67 Å². The summed E-state index contributed by atoms with van der Waals surface area (Å²) in [6.07, 6.45) is -3.14. The van der Waals surface area contributed by atoms with Crippen molar-refractivity contribution in [3.63, 3.8) is 0 Å². The van der Waals surface area contributed by atoms with Gasteiger partial charge in [-0.25, -0.2) is 4.68 Å². The lowest BCUT2D eigenvalue weighted by Gasteiger charge is -2.11. The normalized spacial score (nSPS) is 12.3. The number of alkyl halides is 3. The van der Waals surface area contributed by atoms with Gasteiger partial charge < -0.3 is 10.5 Å². The standard InChI is InChI=1S/C14H13F3N4O/c1-19-21-7-3-6-12(13(21)20-9-18)10-4-2-5-11(8-10)22-14(15,16)17/h2-8H,1,9,18H2. The van der Waals surface area contributed by atoms with Gasteiger partial charge in [0.05, 0.1) is 6.67 Å². The minimum atomic E-state index is -4.75. The van der Waals surface area contributed by atoms with Gasteiger partial charge in [0.1, 0.15) is 5.75 Å². The van der Waals surface area contributed by atoms with Crippen LogP contribution in [0.4, 0.5) is 13.2 Å². The van der Waals surface area contributed by atoms with Gasteiger partial charge in [0.15, 0.2) is 5.49 Å². The predicted octanol–water partition coefficient (Wildman–Crippen LogP) is 2.33. The highest BCUT2D eigenvalue weighted by molar-refractivity contribution is 5.64. The van der Waals surface area contributed by atoms with Crippen LogP contribution in [0.25, 0.3) is 11.1 Å². The lowest BCUT2D eigenvalue weighted by Crippen LogP contribution is -2.21. The number of ether oxygens (including phenoxy) is 1. The monoisotopic (exact) mass is 310 g/mol. The fraction of sp³-hybridized carbons (Fsp3) is 0.143. The highest BCUT2D eigenvalue weighted by Crippen LogP contribution is 2.26. The van der Waals surface area contributed by atoms with E-state index in [0.717, 1.165) is 0 Å². The van der Waals surface area contributed by atoms with E-state index < -0.39 is 6.36 Å². The summed E-state index contributed by atoms with van der Waals surface area (Å²) in [5.74, 6) is -0.314. The Hall–Kier alpha value is -2.61. The molecule has 2 N–H and O–H groups in total. The summed E-state index contributed by atoms with van der Waals surface area (Å²) in [6, 6.07) is 8.97. The molecule has 0 aliphatic carbocycles. The lowest BCUT2D eigenvalue weighted by molar-refractivity contribution is -0.274. The van der Waals surface area contributed by atoms with Crippen LogP contribution in [-0.4, -0.2) is 24.4 Å². The van der Waals surface area contributed by atoms with Gasteiger partial charge in [-0.15, -0.1) is 13.2 Å². The van der Waals surface area contributed by atoms with Gasteiger partial charge >= 0.3 is 6.36 Å². The van der Waals surface area contributed by atoms with E-state index in [9.17, 15) is 13.2 Å². The number of hydrogen-bond acceptors (Lipinski definition) is 4. The molecular weight excluding hydrogens is 297 g/mol. The number of halogens is 3. The Morgan fingerprint density at radius 1 is 1.23 bits per heavy atom. The molecule has 0 unspecified atom stereocenters. The van der Waals surface area contributed by atoms with Gasteiger partial charge in [-0.05, 0) is 29.8 Å². The van der Waals surface area contributed by atoms with Crippen LogP contribution >= 0.6 is 0 Å². The summed E-state index contributed by atoms with van der Waals surface area (Å²) in [5, 5.41) is 3.76. The third-order valence-electron chi connectivity index (χ3n) is 2.72. The molecule has 0 fully saturated rings. The molecule has 0 saturated heterocycles. The first-order valence-electron chi connectivity index (χ1n) is 6.20. The number of nitrogens with two attached hydrogens (primary N) is 1. The van der Waals surface area contributed by atoms with Crippen molar-refractivity contribution in [3.8, 4) is 16.9 Å². The van der Waals surface area contributed by atoms with E-state index >= 15 is 0 Å². The minimum absolute atomic E-state index is 0.00523. The first-order valence-corrected chi connectivity index (χ1v) is 6.20. The largest absolute Gasteiger partial charge is 0.573 e. The Kier molecular flexibility index (Phi) is 4.62. The molecule has 22 heavy (non-hydrogen) atoms. The summed E-state index contributed by atoms with van der Waals surface area (Å²) >= 11 is 0. The van der Waals surface area contributed by atoms with Crippen LogP contribution in [0.1, 0.15) is 0 Å². The highest BCUT2D eigenvalue weighted by atomic mass is 19.4. The molecule has 0 radical (unpaired) electrons. The molecule has 0 aliphatic heterocycles. The maximum Gasteiger partial charge on any atom is 0.573 e. The number of benzene rings is 1. The Morgan fingerprint density at radius 3 is 2.64 bits per heavy atom. The summed E-state index contributed by atoms with van der Waals surface area (Å²) < 4.78 is 42.2. The summed E-state index contributed by atoms with van der Waals surface area (Å²) in [5.41, 5.74) is 6.88. The molecule has 0 amide bonds. The molecule has 0 bridgehead atoms. The summed E-state index contributed by atoms with van der Waals surface area (Å²) in [6.45, 7) is 3.42. The van der Waals surface area contributed by atoms with Gasteiger partial charge in [0.25, 0.3) is 0 Å². The molecule has 2 aromatic rings. The van der Waals surface area contributed by atoms with Crippen molar-refractivity contribution in [3.05, 3.63) is 48.1 Å². The third kappa shape index (κ3) is 3.73. The van der Waals surface area contributed by atoms with Crippen molar-refractivity contribution in [2.45, 2.75) is 6.36 Å². The van der Waals surface area contributed by atoms with Gasteiger partial charge in [-0.3, -0.25) is 4.99 Å². The Labute approximate surface area is 124 Å². The van der Waals surface area contributed by atoms with Gasteiger partial charge in [0, 0.05) is 18.5 Å². The van der Waals surface area contributed by atoms with Crippen LogP contribution < -0.4 is 16.0 Å². The summed E-state index contributed by atoms with van der Waals surface area (Å²) in [7, 11) is 0. The van der Waals surface area contributed by atoms with Crippen LogP contribution in [0.3, 0.4) is 0 Å². The molecule has 0 saturated carbocycles. The number of aromatic nitrogens is 1. The number of pyridine rings is 1. The van der Waals surface area contributed by atoms with Crippen LogP contribution in [0.15, 0.2) is 52.7 Å². The minimum Gasteiger partial charge on any atom is -0.406 e. The zero-order valence-electron chi connectivity index (χ0n) is 11.4. The molecule has 8 heteroatoms. The quantitative estimate of drug-likeness (QED) is 0.881. The van der Waals surface area contributed by atoms with Crippen molar-refractivity contribution in [2.24, 2.45) is 15.8 Å². The van der Waals surface area contributed by atoms with Gasteiger partial charge in [-0.2, -0.15) is 5.10 Å². The maximum atomic E-state index is 12.3. The molecule has 0 aliphatic rings. The second-order valence-electron chi connectivity index (χ2n) is 4.15. The average molecular weight is 310 g/mol. The van der Waals surface area contributed by atoms with E-state index in [1.54, 1.807) is 24.4 Å². The molecule has 1 aromatic heterocycles. The van der Waals surface area contributed by atoms with E-state index in [4.69, 9.17) is 5.73 Å². The van der Waals surface area contributed by atoms with Crippen molar-refractivity contribution < 1.29 is 17.9 Å². The molecule has 116 valence electrons. The lowest BCUT2D eigenvalue weighted by atomic mass is 10.1. The van der Waals surface area contributed by atoms with Crippen LogP contribution in [0.2, 0.25) is 0 Å². The topological polar surface area (TPSA) is 64.9 Å². The van der Waals surface area contributed by atoms with Crippen molar-refractivity contribution in [1.82, 2.24) is 4.68 Å². The number of hydrogen-bond donors (Lipinski definition) is 1. The second-order valence-corrected chi connectivity index (χ2v) is 4.15. The molecular formula is C14H13F3N4O. The molecule has 0 spiro atoms. The zero-order chi connectivity index (χ0) is 16.2. The van der Waals surface area contributed by atoms with E-state index in [-0.39, 0.29) is 12.4 Å². The SMILES string of the molecule is C=Nn1cccc(-c2cccc(OC(F)(F)F)c2)c1=NCN. The average Bonchev–Trinajstić information content (AvgIpc) is 2.46. The Balaban J connectivity index is 2.55. The Bertz CT molecular complexity index is 737. The molecule has 0 atom stereocenters. The fourth-order valence-corrected chi connectivity index (χ4v) is 1.93. The molecule has 1 heterocycles. The molecule has 1 aromatic carbocycles. The van der Waals surface area contributed by atoms with E-state index in [1.807, 2.05) is 0 Å². The second kappa shape index (κ2) is 6.44. The zero-order valence-corrected chi connectivity index (χ0v) is 11.4. The first-order chi connectivity index (χ1) is 10.4. The summed E-state index contributed by atoms with van der Waals surface area (Å²) in [4.78, 5) is 4.10. The fourth-order valence-electron chi connectivity index (χ4n) is 1.93. The van der Waals surface area contributed by atoms with E-state index in [0.29, 0.717) is 16.6 Å². The smallest absolute Gasteiger partial charge is 0.406 e. The van der Waals surface area contributed by atoms with E-state index in [2.05, 4.69) is 21.5 Å². The van der Waals surface area contributed by atoms with Crippen LogP contribution in [0, 0.1) is 0 Å².